The zero-order chi connectivity index (χ0) is 10.4. The van der Waals surface area contributed by atoms with E-state index in [2.05, 4.69) is 15.3 Å². The van der Waals surface area contributed by atoms with Crippen LogP contribution in [-0.2, 0) is 0 Å². The standard InChI is InChI=1S/C9H16N4O/c1-3-14-9-4-8(12-6-13-9)11-5-7(2)10/h4,6-7H,3,5,10H2,1-2H3,(H,11,12,13). The number of aromatic nitrogens is 2. The van der Waals surface area contributed by atoms with Crippen molar-refractivity contribution in [3.8, 4) is 5.88 Å². The molecule has 1 aromatic rings. The fraction of sp³-hybridized carbons (Fsp3) is 0.556. The van der Waals surface area contributed by atoms with Gasteiger partial charge < -0.3 is 15.8 Å². The van der Waals surface area contributed by atoms with Gasteiger partial charge in [0.2, 0.25) is 5.88 Å². The Hall–Kier alpha value is -1.36. The van der Waals surface area contributed by atoms with Gasteiger partial charge in [-0.25, -0.2) is 9.97 Å². The summed E-state index contributed by atoms with van der Waals surface area (Å²) in [7, 11) is 0. The van der Waals surface area contributed by atoms with Crippen LogP contribution in [0, 0.1) is 0 Å². The molecule has 1 heterocycles. The maximum absolute atomic E-state index is 5.60. The molecule has 5 nitrogen and oxygen atoms in total. The minimum atomic E-state index is 0.0977. The van der Waals surface area contributed by atoms with Crippen LogP contribution in [0.25, 0.3) is 0 Å². The highest BCUT2D eigenvalue weighted by molar-refractivity contribution is 5.37. The third kappa shape index (κ3) is 3.57. The zero-order valence-corrected chi connectivity index (χ0v) is 8.53. The zero-order valence-electron chi connectivity index (χ0n) is 8.53. The number of rotatable bonds is 5. The van der Waals surface area contributed by atoms with E-state index in [-0.39, 0.29) is 6.04 Å². The molecule has 0 aliphatic rings. The molecule has 14 heavy (non-hydrogen) atoms. The van der Waals surface area contributed by atoms with Gasteiger partial charge in [-0.2, -0.15) is 0 Å². The second-order valence-electron chi connectivity index (χ2n) is 3.03. The van der Waals surface area contributed by atoms with Gasteiger partial charge in [-0.05, 0) is 13.8 Å². The van der Waals surface area contributed by atoms with Gasteiger partial charge in [0.1, 0.15) is 12.1 Å². The maximum Gasteiger partial charge on any atom is 0.218 e. The molecule has 0 saturated carbocycles. The van der Waals surface area contributed by atoms with E-state index in [1.54, 1.807) is 6.07 Å². The van der Waals surface area contributed by atoms with Gasteiger partial charge >= 0.3 is 0 Å². The minimum Gasteiger partial charge on any atom is -0.478 e. The molecule has 0 bridgehead atoms. The van der Waals surface area contributed by atoms with Crippen molar-refractivity contribution in [3.63, 3.8) is 0 Å². The average molecular weight is 196 g/mol. The second kappa shape index (κ2) is 5.39. The van der Waals surface area contributed by atoms with Crippen LogP contribution in [0.15, 0.2) is 12.4 Å². The molecular formula is C9H16N4O. The number of hydrogen-bond acceptors (Lipinski definition) is 5. The predicted octanol–water partition coefficient (Wildman–Crippen LogP) is 0.634. The Balaban J connectivity index is 2.54. The van der Waals surface area contributed by atoms with Crippen molar-refractivity contribution in [1.82, 2.24) is 9.97 Å². The fourth-order valence-corrected chi connectivity index (χ4v) is 0.929. The first-order valence-electron chi connectivity index (χ1n) is 4.66. The normalized spacial score (nSPS) is 12.2. The minimum absolute atomic E-state index is 0.0977. The molecule has 0 saturated heterocycles. The highest BCUT2D eigenvalue weighted by Crippen LogP contribution is 2.10. The number of nitrogens with two attached hydrogens (primary N) is 1. The van der Waals surface area contributed by atoms with E-state index >= 15 is 0 Å². The molecule has 1 unspecified atom stereocenters. The van der Waals surface area contributed by atoms with Crippen molar-refractivity contribution in [3.05, 3.63) is 12.4 Å². The first kappa shape index (κ1) is 10.7. The van der Waals surface area contributed by atoms with Crippen molar-refractivity contribution in [2.45, 2.75) is 19.9 Å². The third-order valence-corrected chi connectivity index (χ3v) is 1.54. The number of nitrogens with one attached hydrogen (secondary N) is 1. The molecule has 0 aliphatic carbocycles. The van der Waals surface area contributed by atoms with E-state index in [0.29, 0.717) is 19.0 Å². The highest BCUT2D eigenvalue weighted by Gasteiger charge is 1.99. The Kier molecular flexibility index (Phi) is 4.12. The van der Waals surface area contributed by atoms with E-state index in [4.69, 9.17) is 10.5 Å². The van der Waals surface area contributed by atoms with Gasteiger partial charge in [0, 0.05) is 18.7 Å². The van der Waals surface area contributed by atoms with E-state index in [0.717, 1.165) is 5.82 Å². The predicted molar refractivity (Wildman–Crippen MR) is 55.3 cm³/mol. The summed E-state index contributed by atoms with van der Waals surface area (Å²) in [5.41, 5.74) is 5.60. The lowest BCUT2D eigenvalue weighted by molar-refractivity contribution is 0.326. The maximum atomic E-state index is 5.60. The summed E-state index contributed by atoms with van der Waals surface area (Å²) in [5.74, 6) is 1.32. The van der Waals surface area contributed by atoms with Crippen LogP contribution < -0.4 is 15.8 Å². The number of ether oxygens (including phenoxy) is 1. The summed E-state index contributed by atoms with van der Waals surface area (Å²) in [4.78, 5) is 7.99. The van der Waals surface area contributed by atoms with Crippen molar-refractivity contribution in [2.24, 2.45) is 5.73 Å². The van der Waals surface area contributed by atoms with E-state index in [1.807, 2.05) is 13.8 Å². The molecule has 1 rings (SSSR count). The van der Waals surface area contributed by atoms with E-state index in [1.165, 1.54) is 6.33 Å². The third-order valence-electron chi connectivity index (χ3n) is 1.54. The summed E-state index contributed by atoms with van der Waals surface area (Å²) in [6, 6.07) is 1.85. The van der Waals surface area contributed by atoms with Gasteiger partial charge in [-0.15, -0.1) is 0 Å². The van der Waals surface area contributed by atoms with Crippen LogP contribution in [0.5, 0.6) is 5.88 Å². The molecule has 5 heteroatoms. The lowest BCUT2D eigenvalue weighted by atomic mass is 10.3. The lowest BCUT2D eigenvalue weighted by Crippen LogP contribution is -2.25. The Bertz CT molecular complexity index is 277. The Labute approximate surface area is 83.7 Å². The monoisotopic (exact) mass is 196 g/mol. The lowest BCUT2D eigenvalue weighted by Gasteiger charge is -2.08. The highest BCUT2D eigenvalue weighted by atomic mass is 16.5. The molecule has 0 aromatic carbocycles. The Morgan fingerprint density at radius 2 is 2.36 bits per heavy atom. The molecule has 0 radical (unpaired) electrons. The Morgan fingerprint density at radius 1 is 1.57 bits per heavy atom. The summed E-state index contributed by atoms with van der Waals surface area (Å²) >= 11 is 0. The smallest absolute Gasteiger partial charge is 0.218 e. The Morgan fingerprint density at radius 3 is 3.00 bits per heavy atom. The van der Waals surface area contributed by atoms with Crippen LogP contribution in [0.4, 0.5) is 5.82 Å². The topological polar surface area (TPSA) is 73.1 Å². The van der Waals surface area contributed by atoms with E-state index < -0.39 is 0 Å². The SMILES string of the molecule is CCOc1cc(NCC(C)N)ncn1. The van der Waals surface area contributed by atoms with Gasteiger partial charge in [0.25, 0.3) is 0 Å². The van der Waals surface area contributed by atoms with Gasteiger partial charge in [-0.1, -0.05) is 0 Å². The van der Waals surface area contributed by atoms with Gasteiger partial charge in [-0.3, -0.25) is 0 Å². The molecule has 1 aromatic heterocycles. The largest absolute Gasteiger partial charge is 0.478 e. The number of nitrogens with zero attached hydrogens (tertiary/aromatic N) is 2. The summed E-state index contributed by atoms with van der Waals surface area (Å²) in [5, 5.41) is 3.09. The summed E-state index contributed by atoms with van der Waals surface area (Å²) in [6.45, 7) is 5.13. The number of hydrogen-bond donors (Lipinski definition) is 2. The van der Waals surface area contributed by atoms with Crippen LogP contribution in [-0.4, -0.2) is 29.2 Å². The first-order valence-corrected chi connectivity index (χ1v) is 4.66. The van der Waals surface area contributed by atoms with Crippen LogP contribution >= 0.6 is 0 Å². The van der Waals surface area contributed by atoms with Crippen molar-refractivity contribution < 1.29 is 4.74 Å². The van der Waals surface area contributed by atoms with Crippen molar-refractivity contribution >= 4 is 5.82 Å². The second-order valence-corrected chi connectivity index (χ2v) is 3.03. The van der Waals surface area contributed by atoms with Crippen LogP contribution in [0.1, 0.15) is 13.8 Å². The first-order chi connectivity index (χ1) is 6.72. The quantitative estimate of drug-likeness (QED) is 0.722. The van der Waals surface area contributed by atoms with Crippen LogP contribution in [0.2, 0.25) is 0 Å². The number of anilines is 1. The van der Waals surface area contributed by atoms with E-state index in [9.17, 15) is 0 Å². The molecule has 0 aliphatic heterocycles. The molecule has 3 N–H and O–H groups in total. The van der Waals surface area contributed by atoms with Crippen molar-refractivity contribution in [1.29, 1.82) is 0 Å². The van der Waals surface area contributed by atoms with Crippen LogP contribution in [0.3, 0.4) is 0 Å². The van der Waals surface area contributed by atoms with Gasteiger partial charge in [0.15, 0.2) is 0 Å². The molecular weight excluding hydrogens is 180 g/mol. The van der Waals surface area contributed by atoms with Crippen molar-refractivity contribution in [2.75, 3.05) is 18.5 Å². The summed E-state index contributed by atoms with van der Waals surface area (Å²) < 4.78 is 5.23. The average Bonchev–Trinajstić information content (AvgIpc) is 2.16. The molecule has 1 atom stereocenters. The summed E-state index contributed by atoms with van der Waals surface area (Å²) in [6.07, 6.45) is 1.47. The molecule has 0 fully saturated rings. The fourth-order valence-electron chi connectivity index (χ4n) is 0.929. The molecule has 0 amide bonds. The molecule has 0 spiro atoms. The van der Waals surface area contributed by atoms with Gasteiger partial charge in [0.05, 0.1) is 6.61 Å². The molecule has 78 valence electrons.